The highest BCUT2D eigenvalue weighted by Gasteiger charge is 2.55. The number of rotatable bonds is 7. The highest BCUT2D eigenvalue weighted by atomic mass is 16.1. The topological polar surface area (TPSA) is 151 Å². The van der Waals surface area contributed by atoms with Crippen molar-refractivity contribution in [1.29, 1.82) is 10.5 Å². The quantitative estimate of drug-likeness (QED) is 0.383. The Kier molecular flexibility index (Phi) is 5.23. The van der Waals surface area contributed by atoms with Crippen LogP contribution in [0.4, 0.5) is 5.69 Å². The fourth-order valence-electron chi connectivity index (χ4n) is 6.02. The molecule has 0 radical (unpaired) electrons. The number of hydrogen-bond acceptors (Lipinski definition) is 9. The van der Waals surface area contributed by atoms with E-state index in [4.69, 9.17) is 5.26 Å². The van der Waals surface area contributed by atoms with Crippen molar-refractivity contribution in [3.63, 3.8) is 0 Å². The van der Waals surface area contributed by atoms with Gasteiger partial charge in [0.15, 0.2) is 11.5 Å². The second-order valence-electron chi connectivity index (χ2n) is 10.2. The van der Waals surface area contributed by atoms with E-state index in [1.165, 1.54) is 6.20 Å². The van der Waals surface area contributed by atoms with E-state index < -0.39 is 6.04 Å². The molecule has 11 heteroatoms. The van der Waals surface area contributed by atoms with Gasteiger partial charge in [0.05, 0.1) is 41.6 Å². The molecule has 1 atom stereocenters. The Labute approximate surface area is 212 Å². The third kappa shape index (κ3) is 3.71. The Bertz CT molecular complexity index is 1600. The van der Waals surface area contributed by atoms with Crippen molar-refractivity contribution in [2.24, 2.45) is 5.41 Å². The minimum Gasteiger partial charge on any atom is -0.368 e. The number of pyridine rings is 2. The van der Waals surface area contributed by atoms with Crippen molar-refractivity contribution < 1.29 is 4.79 Å². The molecule has 1 N–H and O–H groups in total. The number of aldehydes is 1. The Balaban J connectivity index is 1.37. The van der Waals surface area contributed by atoms with Crippen LogP contribution in [0.1, 0.15) is 56.7 Å². The van der Waals surface area contributed by atoms with E-state index in [9.17, 15) is 10.1 Å². The van der Waals surface area contributed by atoms with Crippen molar-refractivity contribution in [1.82, 2.24) is 34.7 Å². The van der Waals surface area contributed by atoms with Gasteiger partial charge in [-0.05, 0) is 50.5 Å². The summed E-state index contributed by atoms with van der Waals surface area (Å²) in [4.78, 5) is 20.2. The van der Waals surface area contributed by atoms with E-state index in [1.54, 1.807) is 40.8 Å². The molecule has 0 aliphatic heterocycles. The Hall–Kier alpha value is -4.64. The van der Waals surface area contributed by atoms with Crippen LogP contribution in [0, 0.1) is 28.1 Å². The lowest BCUT2D eigenvalue weighted by molar-refractivity contribution is -0.109. The molecule has 184 valence electrons. The monoisotopic (exact) mass is 492 g/mol. The zero-order valence-corrected chi connectivity index (χ0v) is 20.3. The Morgan fingerprint density at radius 3 is 2.76 bits per heavy atom. The normalized spacial score (nSPS) is 23.0. The van der Waals surface area contributed by atoms with E-state index in [-0.39, 0.29) is 10.8 Å². The van der Waals surface area contributed by atoms with Crippen LogP contribution < -0.4 is 5.32 Å². The van der Waals surface area contributed by atoms with Gasteiger partial charge >= 0.3 is 0 Å². The van der Waals surface area contributed by atoms with Crippen molar-refractivity contribution in [3.8, 4) is 23.6 Å². The van der Waals surface area contributed by atoms with Gasteiger partial charge in [0.25, 0.3) is 0 Å². The Morgan fingerprint density at radius 1 is 1.16 bits per heavy atom. The molecule has 0 aromatic carbocycles. The third-order valence-corrected chi connectivity index (χ3v) is 7.97. The summed E-state index contributed by atoms with van der Waals surface area (Å²) in [5.74, 6) is 0.507. The lowest BCUT2D eigenvalue weighted by Gasteiger charge is -2.25. The van der Waals surface area contributed by atoms with Crippen LogP contribution in [0.5, 0.6) is 0 Å². The maximum absolute atomic E-state index is 11.2. The molecule has 2 aliphatic carbocycles. The molecular formula is C26H24N10O. The average Bonchev–Trinajstić information content (AvgIpc) is 3.71. The summed E-state index contributed by atoms with van der Waals surface area (Å²) in [7, 11) is 0. The van der Waals surface area contributed by atoms with Gasteiger partial charge in [0, 0.05) is 29.5 Å². The van der Waals surface area contributed by atoms with Crippen molar-refractivity contribution in [2.45, 2.75) is 56.9 Å². The fourth-order valence-corrected chi connectivity index (χ4v) is 6.02. The van der Waals surface area contributed by atoms with E-state index in [0.29, 0.717) is 34.8 Å². The molecule has 4 aromatic rings. The zero-order valence-electron chi connectivity index (χ0n) is 20.3. The second-order valence-corrected chi connectivity index (χ2v) is 10.2. The van der Waals surface area contributed by atoms with Gasteiger partial charge in [-0.3, -0.25) is 0 Å². The van der Waals surface area contributed by atoms with E-state index in [1.807, 2.05) is 6.20 Å². The first-order chi connectivity index (χ1) is 18.0. The summed E-state index contributed by atoms with van der Waals surface area (Å²) < 4.78 is 3.29. The number of anilines is 1. The first-order valence-electron chi connectivity index (χ1n) is 12.3. The molecule has 0 saturated heterocycles. The molecule has 2 bridgehead atoms. The van der Waals surface area contributed by atoms with Gasteiger partial charge in [-0.1, -0.05) is 5.21 Å². The smallest absolute Gasteiger partial charge is 0.164 e. The fraction of sp³-hybridized carbons (Fsp3) is 0.385. The molecule has 1 unspecified atom stereocenters. The number of nitrogens with one attached hydrogen (secondary N) is 1. The summed E-state index contributed by atoms with van der Waals surface area (Å²) >= 11 is 0. The number of carbonyl (C=O) groups excluding carboxylic acids is 1. The standard InChI is InChI=1S/C26H24N10O/c1-17(10-27)32-20-9-23(36-24-19(13-31-36)8-18(11-28)12-30-24)29-14-21(20)35-15-22(33-34-35)26-4-2-25(16-26,3-5-26)6-7-37/h7-9,12-15,17H,2-6,16H2,1H3,(H,29,32). The predicted octanol–water partition coefficient (Wildman–Crippen LogP) is 3.38. The molecular weight excluding hydrogens is 468 g/mol. The second kappa shape index (κ2) is 8.49. The van der Waals surface area contributed by atoms with Crippen LogP contribution in [0.2, 0.25) is 0 Å². The molecule has 2 fully saturated rings. The number of fused-ring (bicyclic) bond motifs is 3. The van der Waals surface area contributed by atoms with Crippen LogP contribution in [0.15, 0.2) is 36.9 Å². The highest BCUT2D eigenvalue weighted by molar-refractivity contribution is 5.77. The van der Waals surface area contributed by atoms with Crippen LogP contribution >= 0.6 is 0 Å². The molecule has 11 nitrogen and oxygen atoms in total. The van der Waals surface area contributed by atoms with E-state index >= 15 is 0 Å². The van der Waals surface area contributed by atoms with Crippen molar-refractivity contribution in [2.75, 3.05) is 5.32 Å². The van der Waals surface area contributed by atoms with Crippen molar-refractivity contribution in [3.05, 3.63) is 48.2 Å². The maximum atomic E-state index is 11.2. The molecule has 6 rings (SSSR count). The van der Waals surface area contributed by atoms with E-state index in [2.05, 4.69) is 42.8 Å². The van der Waals surface area contributed by atoms with Gasteiger partial charge in [0.1, 0.15) is 24.1 Å². The predicted molar refractivity (Wildman–Crippen MR) is 133 cm³/mol. The molecule has 4 heterocycles. The molecule has 0 amide bonds. The van der Waals surface area contributed by atoms with E-state index in [0.717, 1.165) is 49.5 Å². The summed E-state index contributed by atoms with van der Waals surface area (Å²) in [6.45, 7) is 1.77. The van der Waals surface area contributed by atoms with Gasteiger partial charge in [-0.15, -0.1) is 5.10 Å². The largest absolute Gasteiger partial charge is 0.368 e. The summed E-state index contributed by atoms with van der Waals surface area (Å²) in [5, 5.41) is 36.0. The molecule has 37 heavy (non-hydrogen) atoms. The summed E-state index contributed by atoms with van der Waals surface area (Å²) in [6, 6.07) is 7.35. The third-order valence-electron chi connectivity index (χ3n) is 7.97. The summed E-state index contributed by atoms with van der Waals surface area (Å²) in [5.41, 5.74) is 3.35. The highest BCUT2D eigenvalue weighted by Crippen LogP contribution is 2.63. The van der Waals surface area contributed by atoms with Crippen LogP contribution in [-0.4, -0.2) is 47.1 Å². The lowest BCUT2D eigenvalue weighted by atomic mass is 9.79. The first kappa shape index (κ1) is 22.8. The molecule has 4 aromatic heterocycles. The molecule has 0 spiro atoms. The summed E-state index contributed by atoms with van der Waals surface area (Å²) in [6.07, 6.45) is 13.5. The number of carbonyl (C=O) groups is 1. The zero-order chi connectivity index (χ0) is 25.6. The van der Waals surface area contributed by atoms with Crippen LogP contribution in [0.3, 0.4) is 0 Å². The average molecular weight is 493 g/mol. The number of nitriles is 2. The first-order valence-corrected chi connectivity index (χ1v) is 12.3. The van der Waals surface area contributed by atoms with Gasteiger partial charge < -0.3 is 10.1 Å². The minimum atomic E-state index is -0.463. The van der Waals surface area contributed by atoms with Crippen LogP contribution in [-0.2, 0) is 10.2 Å². The van der Waals surface area contributed by atoms with Crippen molar-refractivity contribution >= 4 is 23.0 Å². The van der Waals surface area contributed by atoms with Gasteiger partial charge in [0.2, 0.25) is 0 Å². The number of hydrogen-bond donors (Lipinski definition) is 1. The SMILES string of the molecule is CC(C#N)Nc1cc(-n2ncc3cc(C#N)cnc32)ncc1-n1cc(C23CCC(CC=O)(CC2)C3)nn1. The molecule has 2 saturated carbocycles. The van der Waals surface area contributed by atoms with Gasteiger partial charge in [-0.25, -0.2) is 14.6 Å². The van der Waals surface area contributed by atoms with Gasteiger partial charge in [-0.2, -0.15) is 20.3 Å². The minimum absolute atomic E-state index is 0.0376. The lowest BCUT2D eigenvalue weighted by Crippen LogP contribution is -2.20. The maximum Gasteiger partial charge on any atom is 0.164 e. The molecule has 2 aliphatic rings. The number of nitrogens with zero attached hydrogens (tertiary/aromatic N) is 9. The van der Waals surface area contributed by atoms with Crippen LogP contribution in [0.25, 0.3) is 22.5 Å². The number of aromatic nitrogens is 7. The Morgan fingerprint density at radius 2 is 2.00 bits per heavy atom.